The van der Waals surface area contributed by atoms with Crippen molar-refractivity contribution in [2.24, 2.45) is 5.73 Å². The molecule has 0 atom stereocenters. The maximum absolute atomic E-state index is 10.7. The van der Waals surface area contributed by atoms with E-state index in [4.69, 9.17) is 5.73 Å². The number of nitro benzene ring substituents is 1. The van der Waals surface area contributed by atoms with Crippen molar-refractivity contribution in [3.8, 4) is 0 Å². The van der Waals surface area contributed by atoms with Gasteiger partial charge in [-0.15, -0.1) is 0 Å². The Bertz CT molecular complexity index is 416. The van der Waals surface area contributed by atoms with Crippen molar-refractivity contribution in [2.75, 3.05) is 0 Å². The monoisotopic (exact) mass is 270 g/mol. The van der Waals surface area contributed by atoms with Crippen LogP contribution in [0.1, 0.15) is 18.4 Å². The van der Waals surface area contributed by atoms with E-state index in [1.807, 2.05) is 6.07 Å². The fourth-order valence-corrected chi connectivity index (χ4v) is 2.11. The van der Waals surface area contributed by atoms with Gasteiger partial charge in [0.25, 0.3) is 5.69 Å². The van der Waals surface area contributed by atoms with Crippen molar-refractivity contribution >= 4 is 21.6 Å². The first kappa shape index (κ1) is 10.6. The van der Waals surface area contributed by atoms with Gasteiger partial charge in [-0.3, -0.25) is 10.1 Å². The smallest absolute Gasteiger partial charge is 0.283 e. The minimum atomic E-state index is -0.385. The molecule has 1 aliphatic rings. The normalized spacial score (nSPS) is 17.5. The summed E-state index contributed by atoms with van der Waals surface area (Å²) < 4.78 is 0.562. The van der Waals surface area contributed by atoms with Gasteiger partial charge in [-0.1, -0.05) is 12.1 Å². The number of hydrogen-bond donors (Lipinski definition) is 1. The standard InChI is InChI=1S/C10H11BrN2O2/c11-9-7(6-10(12)4-5-10)2-1-3-8(9)13(14)15/h1-3H,4-6,12H2. The van der Waals surface area contributed by atoms with Crippen molar-refractivity contribution in [3.63, 3.8) is 0 Å². The van der Waals surface area contributed by atoms with Crippen LogP contribution >= 0.6 is 15.9 Å². The second-order valence-corrected chi connectivity index (χ2v) is 4.84. The number of benzene rings is 1. The molecule has 1 aliphatic carbocycles. The van der Waals surface area contributed by atoms with Crippen LogP contribution in [0.3, 0.4) is 0 Å². The fraction of sp³-hybridized carbons (Fsp3) is 0.400. The molecule has 0 unspecified atom stereocenters. The van der Waals surface area contributed by atoms with Crippen LogP contribution in [0.5, 0.6) is 0 Å². The second-order valence-electron chi connectivity index (χ2n) is 4.05. The molecule has 0 aliphatic heterocycles. The Balaban J connectivity index is 2.31. The summed E-state index contributed by atoms with van der Waals surface area (Å²) in [5, 5.41) is 10.7. The zero-order chi connectivity index (χ0) is 11.1. The number of nitro groups is 1. The van der Waals surface area contributed by atoms with Crippen molar-refractivity contribution in [1.29, 1.82) is 0 Å². The van der Waals surface area contributed by atoms with Crippen LogP contribution in [0, 0.1) is 10.1 Å². The summed E-state index contributed by atoms with van der Waals surface area (Å²) in [6, 6.07) is 5.07. The molecule has 1 aromatic rings. The molecular weight excluding hydrogens is 260 g/mol. The molecule has 0 aromatic heterocycles. The van der Waals surface area contributed by atoms with Crippen LogP contribution in [-0.4, -0.2) is 10.5 Å². The van der Waals surface area contributed by atoms with E-state index in [1.165, 1.54) is 6.07 Å². The van der Waals surface area contributed by atoms with E-state index in [1.54, 1.807) is 6.07 Å². The molecule has 0 heterocycles. The first-order chi connectivity index (χ1) is 7.02. The third-order valence-corrected chi connectivity index (χ3v) is 3.61. The highest BCUT2D eigenvalue weighted by molar-refractivity contribution is 9.10. The van der Waals surface area contributed by atoms with E-state index in [0.717, 1.165) is 18.4 Å². The highest BCUT2D eigenvalue weighted by Crippen LogP contribution is 2.39. The maximum atomic E-state index is 10.7. The lowest BCUT2D eigenvalue weighted by atomic mass is 10.0. The quantitative estimate of drug-likeness (QED) is 0.677. The molecule has 0 amide bonds. The summed E-state index contributed by atoms with van der Waals surface area (Å²) in [6.07, 6.45) is 2.71. The summed E-state index contributed by atoms with van der Waals surface area (Å²) in [5.41, 5.74) is 6.88. The van der Waals surface area contributed by atoms with Gasteiger partial charge in [0.15, 0.2) is 0 Å². The van der Waals surface area contributed by atoms with Gasteiger partial charge in [0.2, 0.25) is 0 Å². The second kappa shape index (κ2) is 3.57. The summed E-state index contributed by atoms with van der Waals surface area (Å²) in [5.74, 6) is 0. The first-order valence-electron chi connectivity index (χ1n) is 4.72. The van der Waals surface area contributed by atoms with Crippen LogP contribution in [-0.2, 0) is 6.42 Å². The lowest BCUT2D eigenvalue weighted by Gasteiger charge is -2.09. The topological polar surface area (TPSA) is 69.2 Å². The van der Waals surface area contributed by atoms with Crippen LogP contribution in [0.15, 0.2) is 22.7 Å². The Hall–Kier alpha value is -0.940. The number of rotatable bonds is 3. The lowest BCUT2D eigenvalue weighted by molar-refractivity contribution is -0.385. The van der Waals surface area contributed by atoms with E-state index >= 15 is 0 Å². The maximum Gasteiger partial charge on any atom is 0.283 e. The highest BCUT2D eigenvalue weighted by atomic mass is 79.9. The molecule has 0 radical (unpaired) electrons. The van der Waals surface area contributed by atoms with Crippen molar-refractivity contribution in [2.45, 2.75) is 24.8 Å². The number of nitrogens with two attached hydrogens (primary N) is 1. The third-order valence-electron chi connectivity index (χ3n) is 2.69. The Morgan fingerprint density at radius 1 is 1.53 bits per heavy atom. The van der Waals surface area contributed by atoms with E-state index in [2.05, 4.69) is 15.9 Å². The molecule has 15 heavy (non-hydrogen) atoms. The van der Waals surface area contributed by atoms with Gasteiger partial charge in [-0.25, -0.2) is 0 Å². The lowest BCUT2D eigenvalue weighted by Crippen LogP contribution is -2.24. The Morgan fingerprint density at radius 3 is 2.73 bits per heavy atom. The number of halogens is 1. The molecule has 1 fully saturated rings. The van der Waals surface area contributed by atoms with E-state index in [-0.39, 0.29) is 16.1 Å². The van der Waals surface area contributed by atoms with Gasteiger partial charge in [-0.05, 0) is 40.8 Å². The minimum absolute atomic E-state index is 0.108. The zero-order valence-corrected chi connectivity index (χ0v) is 9.66. The molecule has 0 saturated heterocycles. The van der Waals surface area contributed by atoms with Gasteiger partial charge in [0.05, 0.1) is 9.40 Å². The molecule has 1 aromatic carbocycles. The van der Waals surface area contributed by atoms with Gasteiger partial charge in [0, 0.05) is 11.6 Å². The average molecular weight is 271 g/mol. The van der Waals surface area contributed by atoms with Crippen LogP contribution < -0.4 is 5.73 Å². The largest absolute Gasteiger partial charge is 0.325 e. The van der Waals surface area contributed by atoms with Gasteiger partial charge < -0.3 is 5.73 Å². The average Bonchev–Trinajstić information content (AvgIpc) is 2.87. The first-order valence-corrected chi connectivity index (χ1v) is 5.52. The van der Waals surface area contributed by atoms with Crippen LogP contribution in [0.25, 0.3) is 0 Å². The highest BCUT2D eigenvalue weighted by Gasteiger charge is 2.38. The van der Waals surface area contributed by atoms with Gasteiger partial charge >= 0.3 is 0 Å². The Labute approximate surface area is 95.7 Å². The molecule has 0 bridgehead atoms. The zero-order valence-electron chi connectivity index (χ0n) is 8.07. The number of hydrogen-bond acceptors (Lipinski definition) is 3. The predicted molar refractivity (Wildman–Crippen MR) is 60.7 cm³/mol. The van der Waals surface area contributed by atoms with Crippen LogP contribution in [0.2, 0.25) is 0 Å². The molecule has 5 heteroatoms. The minimum Gasteiger partial charge on any atom is -0.325 e. The fourth-order valence-electron chi connectivity index (χ4n) is 1.56. The molecule has 0 spiro atoms. The third kappa shape index (κ3) is 2.18. The summed E-state index contributed by atoms with van der Waals surface area (Å²) in [7, 11) is 0. The van der Waals surface area contributed by atoms with Gasteiger partial charge in [0.1, 0.15) is 0 Å². The summed E-state index contributed by atoms with van der Waals surface area (Å²) in [6.45, 7) is 0. The van der Waals surface area contributed by atoms with E-state index < -0.39 is 0 Å². The van der Waals surface area contributed by atoms with E-state index in [0.29, 0.717) is 10.9 Å². The van der Waals surface area contributed by atoms with E-state index in [9.17, 15) is 10.1 Å². The Kier molecular flexibility index (Phi) is 2.52. The van der Waals surface area contributed by atoms with Crippen LogP contribution in [0.4, 0.5) is 5.69 Å². The summed E-state index contributed by atoms with van der Waals surface area (Å²) >= 11 is 3.27. The molecular formula is C10H11BrN2O2. The molecule has 4 nitrogen and oxygen atoms in total. The molecule has 80 valence electrons. The molecule has 2 rings (SSSR count). The molecule has 2 N–H and O–H groups in total. The number of nitrogens with zero attached hydrogens (tertiary/aromatic N) is 1. The summed E-state index contributed by atoms with van der Waals surface area (Å²) in [4.78, 5) is 10.3. The molecule has 1 saturated carbocycles. The van der Waals surface area contributed by atoms with Crippen molar-refractivity contribution < 1.29 is 4.92 Å². The van der Waals surface area contributed by atoms with Gasteiger partial charge in [-0.2, -0.15) is 0 Å². The van der Waals surface area contributed by atoms with Crippen molar-refractivity contribution in [1.82, 2.24) is 0 Å². The predicted octanol–water partition coefficient (Wildman–Crippen LogP) is 2.39. The van der Waals surface area contributed by atoms with Crippen molar-refractivity contribution in [3.05, 3.63) is 38.3 Å². The SMILES string of the molecule is NC1(Cc2cccc([N+](=O)[O-])c2Br)CC1. The Morgan fingerprint density at radius 2 is 2.20 bits per heavy atom.